The molecule has 0 spiro atoms. The molecule has 0 saturated heterocycles. The van der Waals surface area contributed by atoms with Crippen molar-refractivity contribution in [2.75, 3.05) is 11.9 Å². The molecule has 0 bridgehead atoms. The van der Waals surface area contributed by atoms with Crippen molar-refractivity contribution in [1.82, 2.24) is 10.3 Å². The molecule has 1 fully saturated rings. The van der Waals surface area contributed by atoms with Crippen molar-refractivity contribution in [2.45, 2.75) is 115 Å². The molecule has 1 saturated carbocycles. The van der Waals surface area contributed by atoms with Crippen LogP contribution in [0.4, 0.5) is 10.5 Å². The molecule has 2 amide bonds. The Morgan fingerprint density at radius 3 is 2.37 bits per heavy atom. The number of pyridine rings is 1. The predicted molar refractivity (Wildman–Crippen MR) is 231 cm³/mol. The monoisotopic (exact) mass is 823 g/mol. The predicted octanol–water partition coefficient (Wildman–Crippen LogP) is 8.95. The molecule has 0 aliphatic heterocycles. The second kappa shape index (κ2) is 20.4. The Hall–Kier alpha value is -4.88. The normalized spacial score (nSPS) is 19.0. The van der Waals surface area contributed by atoms with Crippen molar-refractivity contribution in [3.05, 3.63) is 107 Å². The Labute approximate surface area is 350 Å². The summed E-state index contributed by atoms with van der Waals surface area (Å²) >= 11 is 1.60. The number of anilines is 1. The van der Waals surface area contributed by atoms with Crippen LogP contribution in [0.5, 0.6) is 0 Å². The average molecular weight is 824 g/mol. The zero-order chi connectivity index (χ0) is 41.9. The van der Waals surface area contributed by atoms with Crippen LogP contribution in [-0.2, 0) is 25.7 Å². The van der Waals surface area contributed by atoms with Crippen LogP contribution in [0, 0.1) is 11.8 Å². The van der Waals surface area contributed by atoms with Gasteiger partial charge in [-0.15, -0.1) is 11.3 Å². The minimum Gasteiger partial charge on any atom is -0.461 e. The number of hydrogen-bond acceptors (Lipinski definition) is 10. The highest BCUT2D eigenvalue weighted by molar-refractivity contribution is 7.19. The van der Waals surface area contributed by atoms with Gasteiger partial charge in [0, 0.05) is 46.0 Å². The smallest absolute Gasteiger partial charge is 0.407 e. The largest absolute Gasteiger partial charge is 0.461 e. The third-order valence-electron chi connectivity index (χ3n) is 11.1. The number of thiophene rings is 1. The van der Waals surface area contributed by atoms with Crippen molar-refractivity contribution in [3.8, 4) is 0 Å². The number of aliphatic hydroxyl groups excluding tert-OH is 3. The number of rotatable bonds is 18. The quantitative estimate of drug-likeness (QED) is 0.0428. The first-order valence-corrected chi connectivity index (χ1v) is 21.5. The van der Waals surface area contributed by atoms with Crippen molar-refractivity contribution < 1.29 is 39.2 Å². The lowest BCUT2D eigenvalue weighted by Crippen LogP contribution is -2.37. The molecule has 11 nitrogen and oxygen atoms in total. The lowest BCUT2D eigenvalue weighted by atomic mass is 9.84. The first-order chi connectivity index (χ1) is 28.3. The number of hydrogen-bond donors (Lipinski definition) is 5. The van der Waals surface area contributed by atoms with Crippen LogP contribution in [0.2, 0.25) is 0 Å². The van der Waals surface area contributed by atoms with Crippen molar-refractivity contribution >= 4 is 55.9 Å². The number of nitrogens with zero attached hydrogens (tertiary/aromatic N) is 1. The van der Waals surface area contributed by atoms with Gasteiger partial charge in [-0.05, 0) is 117 Å². The maximum atomic E-state index is 13.6. The van der Waals surface area contributed by atoms with E-state index in [4.69, 9.17) is 9.47 Å². The van der Waals surface area contributed by atoms with Gasteiger partial charge >= 0.3 is 12.1 Å². The molecule has 314 valence electrons. The van der Waals surface area contributed by atoms with Gasteiger partial charge in [0.1, 0.15) is 12.2 Å². The van der Waals surface area contributed by atoms with E-state index in [9.17, 15) is 29.7 Å². The number of ether oxygens (including phenoxy) is 2. The summed E-state index contributed by atoms with van der Waals surface area (Å²) in [6, 6.07) is 24.8. The Kier molecular flexibility index (Phi) is 15.1. The highest BCUT2D eigenvalue weighted by Crippen LogP contribution is 2.41. The first kappa shape index (κ1) is 43.7. The van der Waals surface area contributed by atoms with E-state index in [1.165, 1.54) is 0 Å². The van der Waals surface area contributed by atoms with Gasteiger partial charge in [-0.25, -0.2) is 4.79 Å². The molecule has 6 atom stereocenters. The Bertz CT molecular complexity index is 2130. The van der Waals surface area contributed by atoms with Crippen LogP contribution in [0.1, 0.15) is 107 Å². The molecule has 59 heavy (non-hydrogen) atoms. The van der Waals surface area contributed by atoms with E-state index in [0.29, 0.717) is 43.4 Å². The van der Waals surface area contributed by atoms with E-state index >= 15 is 0 Å². The fraction of sp³-hybridized carbons (Fsp3) is 0.447. The van der Waals surface area contributed by atoms with Crippen molar-refractivity contribution in [1.29, 1.82) is 0 Å². The molecule has 2 heterocycles. The number of carbonyl (C=O) groups excluding carboxylic acids is 3. The summed E-state index contributed by atoms with van der Waals surface area (Å²) in [4.78, 5) is 43.8. The van der Waals surface area contributed by atoms with E-state index in [2.05, 4.69) is 21.7 Å². The van der Waals surface area contributed by atoms with Crippen LogP contribution < -0.4 is 10.6 Å². The first-order valence-electron chi connectivity index (χ1n) is 20.7. The molecule has 12 heteroatoms. The molecule has 6 rings (SSSR count). The van der Waals surface area contributed by atoms with E-state index < -0.39 is 35.9 Å². The zero-order valence-electron chi connectivity index (χ0n) is 34.1. The number of amides is 2. The van der Waals surface area contributed by atoms with E-state index in [1.54, 1.807) is 56.6 Å². The summed E-state index contributed by atoms with van der Waals surface area (Å²) in [5, 5.41) is 41.1. The molecule has 2 aromatic heterocycles. The summed E-state index contributed by atoms with van der Waals surface area (Å²) in [6.07, 6.45) is 7.09. The minimum absolute atomic E-state index is 0.00831. The lowest BCUT2D eigenvalue weighted by Gasteiger charge is -2.24. The fourth-order valence-corrected chi connectivity index (χ4v) is 9.06. The topological polar surface area (TPSA) is 167 Å². The van der Waals surface area contributed by atoms with Gasteiger partial charge < -0.3 is 35.4 Å². The van der Waals surface area contributed by atoms with Gasteiger partial charge in [0.25, 0.3) is 0 Å². The molecule has 3 aromatic carbocycles. The van der Waals surface area contributed by atoms with Gasteiger partial charge in [0.05, 0.1) is 24.2 Å². The number of benzene rings is 3. The zero-order valence-corrected chi connectivity index (χ0v) is 35.0. The van der Waals surface area contributed by atoms with E-state index in [1.807, 2.05) is 60.7 Å². The van der Waals surface area contributed by atoms with Gasteiger partial charge in [-0.2, -0.15) is 0 Å². The Balaban J connectivity index is 0.924. The van der Waals surface area contributed by atoms with Crippen LogP contribution in [0.3, 0.4) is 0 Å². The van der Waals surface area contributed by atoms with E-state index in [0.717, 1.165) is 57.0 Å². The molecule has 6 unspecified atom stereocenters. The summed E-state index contributed by atoms with van der Waals surface area (Å²) in [5.41, 5.74) is 1.37. The second-order valence-electron chi connectivity index (χ2n) is 16.7. The number of esters is 1. The summed E-state index contributed by atoms with van der Waals surface area (Å²) in [5.74, 6) is -1.38. The fourth-order valence-electron chi connectivity index (χ4n) is 7.98. The Morgan fingerprint density at radius 2 is 1.61 bits per heavy atom. The number of carbonyl (C=O) groups is 3. The molecule has 1 aliphatic rings. The number of unbranched alkanes of at least 4 members (excludes halogenated alkanes) is 3. The lowest BCUT2D eigenvalue weighted by molar-refractivity contribution is -0.145. The number of aliphatic hydroxyl groups is 3. The standard InChI is InChI=1S/C47H57N3O8S/c1-47(2,3)58-46(56)49-28-38(45(55)50-35-19-18-34-27-48-23-22-32(34)24-35)31-16-14-30(15-17-31)29-57-44(54)13-7-5-4-6-11-36-37(41(53)26-40(36)52)20-21-39(51)43-25-33-10-8-9-12-42(33)59-43/h8-10,12,14-19,22-25,27,36-41,51-53H,4-7,11,13,20-21,26,28-29H2,1-3H3,(H,49,56)(H,50,55). The molecular weight excluding hydrogens is 767 g/mol. The molecule has 0 radical (unpaired) electrons. The third-order valence-corrected chi connectivity index (χ3v) is 12.3. The highest BCUT2D eigenvalue weighted by atomic mass is 32.1. The van der Waals surface area contributed by atoms with Crippen molar-refractivity contribution in [2.24, 2.45) is 11.8 Å². The number of alkyl carbamates (subject to hydrolysis) is 1. The van der Waals surface area contributed by atoms with E-state index in [-0.39, 0.29) is 36.9 Å². The maximum absolute atomic E-state index is 13.6. The van der Waals surface area contributed by atoms with Crippen LogP contribution in [-0.4, -0.2) is 62.6 Å². The van der Waals surface area contributed by atoms with Crippen LogP contribution in [0.25, 0.3) is 20.9 Å². The average Bonchev–Trinajstić information content (AvgIpc) is 3.76. The Morgan fingerprint density at radius 1 is 0.864 bits per heavy atom. The minimum atomic E-state index is -0.731. The van der Waals surface area contributed by atoms with Gasteiger partial charge in [0.15, 0.2) is 0 Å². The second-order valence-corrected chi connectivity index (χ2v) is 17.8. The number of aromatic nitrogens is 1. The summed E-state index contributed by atoms with van der Waals surface area (Å²) < 4.78 is 12.1. The van der Waals surface area contributed by atoms with Gasteiger partial charge in [0.2, 0.25) is 5.91 Å². The maximum Gasteiger partial charge on any atom is 0.407 e. The van der Waals surface area contributed by atoms with Crippen molar-refractivity contribution in [3.63, 3.8) is 0 Å². The summed E-state index contributed by atoms with van der Waals surface area (Å²) in [7, 11) is 0. The van der Waals surface area contributed by atoms with Crippen LogP contribution >= 0.6 is 11.3 Å². The SMILES string of the molecule is CC(C)(C)OC(=O)NCC(C(=O)Nc1ccc2cnccc2c1)c1ccc(COC(=O)CCCCCCC2C(O)CC(O)C2CCC(O)c2cc3ccccc3s2)cc1. The molecular formula is C47H57N3O8S. The molecule has 5 aromatic rings. The summed E-state index contributed by atoms with van der Waals surface area (Å²) in [6.45, 7) is 5.42. The van der Waals surface area contributed by atoms with Gasteiger partial charge in [-0.3, -0.25) is 14.6 Å². The third kappa shape index (κ3) is 12.6. The molecule has 1 aliphatic carbocycles. The van der Waals surface area contributed by atoms with Gasteiger partial charge in [-0.1, -0.05) is 67.8 Å². The highest BCUT2D eigenvalue weighted by Gasteiger charge is 2.41. The number of fused-ring (bicyclic) bond motifs is 2. The molecule has 5 N–H and O–H groups in total. The number of nitrogens with one attached hydrogen (secondary N) is 2. The van der Waals surface area contributed by atoms with Crippen LogP contribution in [0.15, 0.2) is 91.3 Å².